The van der Waals surface area contributed by atoms with Crippen molar-refractivity contribution in [3.63, 3.8) is 0 Å². The molecule has 102 valence electrons. The molecule has 1 aromatic rings. The summed E-state index contributed by atoms with van der Waals surface area (Å²) in [5.41, 5.74) is 2.12. The van der Waals surface area contributed by atoms with Crippen LogP contribution in [0.3, 0.4) is 0 Å². The highest BCUT2D eigenvalue weighted by Gasteiger charge is 2.49. The number of rotatable bonds is 2. The van der Waals surface area contributed by atoms with E-state index < -0.39 is 11.4 Å². The summed E-state index contributed by atoms with van der Waals surface area (Å²) in [6, 6.07) is 1.97. The lowest BCUT2D eigenvalue weighted by atomic mass is 9.63. The van der Waals surface area contributed by atoms with Crippen LogP contribution in [0.15, 0.2) is 6.07 Å². The normalized spacial score (nSPS) is 19.7. The fourth-order valence-electron chi connectivity index (χ4n) is 2.95. The third kappa shape index (κ3) is 1.62. The molecule has 1 heterocycles. The SMILES string of the molecule is Cc1cc(C2(C(=O)O)CCC2)c2c(c1C)OCCO2. The maximum Gasteiger partial charge on any atom is 0.314 e. The van der Waals surface area contributed by atoms with E-state index in [1.165, 1.54) is 0 Å². The van der Waals surface area contributed by atoms with Crippen LogP contribution in [0.1, 0.15) is 36.0 Å². The second kappa shape index (κ2) is 4.15. The summed E-state index contributed by atoms with van der Waals surface area (Å²) < 4.78 is 11.4. The smallest absolute Gasteiger partial charge is 0.314 e. The second-order valence-corrected chi connectivity index (χ2v) is 5.46. The van der Waals surface area contributed by atoms with Gasteiger partial charge >= 0.3 is 5.97 Å². The Bertz CT molecular complexity index is 544. The highest BCUT2D eigenvalue weighted by Crippen LogP contribution is 2.51. The minimum absolute atomic E-state index is 0.484. The number of ether oxygens (including phenoxy) is 2. The molecule has 0 amide bonds. The van der Waals surface area contributed by atoms with Crippen LogP contribution in [0.2, 0.25) is 0 Å². The minimum Gasteiger partial charge on any atom is -0.486 e. The highest BCUT2D eigenvalue weighted by atomic mass is 16.6. The molecule has 1 saturated carbocycles. The monoisotopic (exact) mass is 262 g/mol. The van der Waals surface area contributed by atoms with E-state index in [-0.39, 0.29) is 0 Å². The van der Waals surface area contributed by atoms with Gasteiger partial charge in [-0.15, -0.1) is 0 Å². The highest BCUT2D eigenvalue weighted by molar-refractivity contribution is 5.84. The van der Waals surface area contributed by atoms with Crippen molar-refractivity contribution in [1.29, 1.82) is 0 Å². The summed E-state index contributed by atoms with van der Waals surface area (Å²) in [5, 5.41) is 9.60. The molecular formula is C15H18O4. The van der Waals surface area contributed by atoms with Gasteiger partial charge < -0.3 is 14.6 Å². The number of carboxylic acids is 1. The van der Waals surface area contributed by atoms with Gasteiger partial charge in [0.15, 0.2) is 11.5 Å². The van der Waals surface area contributed by atoms with Crippen LogP contribution in [0.25, 0.3) is 0 Å². The molecule has 1 fully saturated rings. The molecule has 4 nitrogen and oxygen atoms in total. The topological polar surface area (TPSA) is 55.8 Å². The van der Waals surface area contributed by atoms with Crippen molar-refractivity contribution >= 4 is 5.97 Å². The second-order valence-electron chi connectivity index (χ2n) is 5.46. The van der Waals surface area contributed by atoms with Gasteiger partial charge in [0.05, 0.1) is 5.41 Å². The molecule has 4 heteroatoms. The number of fused-ring (bicyclic) bond motifs is 1. The van der Waals surface area contributed by atoms with Gasteiger partial charge in [-0.1, -0.05) is 12.5 Å². The lowest BCUT2D eigenvalue weighted by molar-refractivity contribution is -0.147. The largest absolute Gasteiger partial charge is 0.486 e. The molecule has 1 aliphatic heterocycles. The molecule has 0 atom stereocenters. The summed E-state index contributed by atoms with van der Waals surface area (Å²) in [7, 11) is 0. The predicted octanol–water partition coefficient (Wildman–Crippen LogP) is 2.58. The molecule has 2 aliphatic rings. The first-order chi connectivity index (χ1) is 9.06. The van der Waals surface area contributed by atoms with Gasteiger partial charge in [0.1, 0.15) is 13.2 Å². The first-order valence-electron chi connectivity index (χ1n) is 6.70. The molecule has 0 unspecified atom stereocenters. The predicted molar refractivity (Wildman–Crippen MR) is 70.1 cm³/mol. The minimum atomic E-state index is -0.775. The molecule has 1 aromatic carbocycles. The number of carboxylic acid groups (broad SMARTS) is 1. The first-order valence-corrected chi connectivity index (χ1v) is 6.70. The molecule has 3 rings (SSSR count). The Morgan fingerprint density at radius 2 is 1.84 bits per heavy atom. The van der Waals surface area contributed by atoms with Gasteiger partial charge in [0.2, 0.25) is 0 Å². The van der Waals surface area contributed by atoms with Crippen molar-refractivity contribution < 1.29 is 19.4 Å². The van der Waals surface area contributed by atoms with Gasteiger partial charge in [-0.3, -0.25) is 4.79 Å². The molecule has 1 N–H and O–H groups in total. The van der Waals surface area contributed by atoms with E-state index in [0.717, 1.165) is 28.9 Å². The molecule has 0 bridgehead atoms. The van der Waals surface area contributed by atoms with Crippen LogP contribution in [-0.4, -0.2) is 24.3 Å². The molecule has 0 spiro atoms. The van der Waals surface area contributed by atoms with Crippen LogP contribution >= 0.6 is 0 Å². The van der Waals surface area contributed by atoms with E-state index in [1.807, 2.05) is 19.9 Å². The zero-order valence-corrected chi connectivity index (χ0v) is 11.3. The summed E-state index contributed by atoms with van der Waals surface area (Å²) in [6.45, 7) is 4.99. The number of hydrogen-bond donors (Lipinski definition) is 1. The Hall–Kier alpha value is -1.71. The van der Waals surface area contributed by atoms with E-state index in [1.54, 1.807) is 0 Å². The number of carbonyl (C=O) groups is 1. The standard InChI is InChI=1S/C15H18O4/c1-9-8-11(15(14(16)17)4-3-5-15)13-12(10(9)2)18-6-7-19-13/h8H,3-7H2,1-2H3,(H,16,17). The third-order valence-electron chi connectivity index (χ3n) is 4.45. The van der Waals surface area contributed by atoms with Gasteiger partial charge in [0.25, 0.3) is 0 Å². The van der Waals surface area contributed by atoms with E-state index in [9.17, 15) is 9.90 Å². The summed E-state index contributed by atoms with van der Waals surface area (Å²) in [4.78, 5) is 11.7. The van der Waals surface area contributed by atoms with E-state index in [0.29, 0.717) is 31.8 Å². The lowest BCUT2D eigenvalue weighted by Gasteiger charge is -2.40. The molecule has 0 saturated heterocycles. The third-order valence-corrected chi connectivity index (χ3v) is 4.45. The average molecular weight is 262 g/mol. The van der Waals surface area contributed by atoms with Crippen molar-refractivity contribution in [1.82, 2.24) is 0 Å². The number of hydrogen-bond acceptors (Lipinski definition) is 3. The van der Waals surface area contributed by atoms with E-state index in [2.05, 4.69) is 0 Å². The molecule has 19 heavy (non-hydrogen) atoms. The molecule has 0 aromatic heterocycles. The number of benzene rings is 1. The Morgan fingerprint density at radius 3 is 2.37 bits per heavy atom. The zero-order valence-electron chi connectivity index (χ0n) is 11.3. The Morgan fingerprint density at radius 1 is 1.21 bits per heavy atom. The van der Waals surface area contributed by atoms with Crippen molar-refractivity contribution in [2.45, 2.75) is 38.5 Å². The number of aliphatic carboxylic acids is 1. The van der Waals surface area contributed by atoms with Crippen LogP contribution in [0.4, 0.5) is 0 Å². The van der Waals surface area contributed by atoms with Gasteiger partial charge in [0, 0.05) is 5.56 Å². The van der Waals surface area contributed by atoms with Crippen LogP contribution in [0, 0.1) is 13.8 Å². The van der Waals surface area contributed by atoms with Crippen LogP contribution in [0.5, 0.6) is 11.5 Å². The Balaban J connectivity index is 2.21. The van der Waals surface area contributed by atoms with Gasteiger partial charge in [-0.05, 0) is 37.8 Å². The zero-order chi connectivity index (χ0) is 13.6. The van der Waals surface area contributed by atoms with E-state index in [4.69, 9.17) is 9.47 Å². The quantitative estimate of drug-likeness (QED) is 0.890. The maximum absolute atomic E-state index is 11.7. The maximum atomic E-state index is 11.7. The fourth-order valence-corrected chi connectivity index (χ4v) is 2.95. The van der Waals surface area contributed by atoms with Gasteiger partial charge in [-0.2, -0.15) is 0 Å². The van der Waals surface area contributed by atoms with Crippen molar-refractivity contribution in [2.75, 3.05) is 13.2 Å². The summed E-state index contributed by atoms with van der Waals surface area (Å²) in [5.74, 6) is 0.628. The Kier molecular flexibility index (Phi) is 2.69. The number of aryl methyl sites for hydroxylation is 1. The van der Waals surface area contributed by atoms with Crippen LogP contribution in [-0.2, 0) is 10.2 Å². The molecule has 1 aliphatic carbocycles. The van der Waals surface area contributed by atoms with Crippen molar-refractivity contribution in [3.8, 4) is 11.5 Å². The Labute approximate surface area is 112 Å². The molecular weight excluding hydrogens is 244 g/mol. The average Bonchev–Trinajstić information content (AvgIpc) is 2.33. The van der Waals surface area contributed by atoms with Crippen molar-refractivity contribution in [2.24, 2.45) is 0 Å². The van der Waals surface area contributed by atoms with E-state index >= 15 is 0 Å². The summed E-state index contributed by atoms with van der Waals surface area (Å²) >= 11 is 0. The molecule has 0 radical (unpaired) electrons. The van der Waals surface area contributed by atoms with Gasteiger partial charge in [-0.25, -0.2) is 0 Å². The summed E-state index contributed by atoms with van der Waals surface area (Å²) in [6.07, 6.45) is 2.32. The lowest BCUT2D eigenvalue weighted by Crippen LogP contribution is -2.43. The van der Waals surface area contributed by atoms with Crippen molar-refractivity contribution in [3.05, 3.63) is 22.8 Å². The van der Waals surface area contributed by atoms with Crippen LogP contribution < -0.4 is 9.47 Å². The fraction of sp³-hybridized carbons (Fsp3) is 0.533. The first kappa shape index (κ1) is 12.3.